The Morgan fingerprint density at radius 1 is 1.15 bits per heavy atom. The fourth-order valence-corrected chi connectivity index (χ4v) is 3.64. The molecule has 27 heavy (non-hydrogen) atoms. The van der Waals surface area contributed by atoms with Crippen LogP contribution in [0.25, 0.3) is 6.08 Å². The van der Waals surface area contributed by atoms with E-state index in [0.29, 0.717) is 12.5 Å². The van der Waals surface area contributed by atoms with Gasteiger partial charge in [-0.25, -0.2) is 9.89 Å². The van der Waals surface area contributed by atoms with E-state index in [1.54, 1.807) is 10.8 Å². The summed E-state index contributed by atoms with van der Waals surface area (Å²) in [5.41, 5.74) is 0.986. The molecule has 1 aromatic carbocycles. The monoisotopic (exact) mass is 364 g/mol. The maximum atomic E-state index is 12.2. The third kappa shape index (κ3) is 4.28. The summed E-state index contributed by atoms with van der Waals surface area (Å²) in [6.07, 6.45) is 7.85. The van der Waals surface area contributed by atoms with Crippen LogP contribution in [0.2, 0.25) is 0 Å². The van der Waals surface area contributed by atoms with Crippen LogP contribution in [0.5, 0.6) is 0 Å². The van der Waals surface area contributed by atoms with Crippen LogP contribution in [0.15, 0.2) is 64.0 Å². The molecule has 140 valence electrons. The first-order valence-corrected chi connectivity index (χ1v) is 9.41. The molecular formula is C21H24N4O2. The van der Waals surface area contributed by atoms with Gasteiger partial charge >= 0.3 is 5.69 Å². The molecule has 6 nitrogen and oxygen atoms in total. The number of hydrogen-bond acceptors (Lipinski definition) is 4. The number of furan rings is 1. The van der Waals surface area contributed by atoms with Crippen molar-refractivity contribution in [2.24, 2.45) is 0 Å². The number of piperidine rings is 1. The minimum Gasteiger partial charge on any atom is -0.465 e. The molecule has 1 aliphatic heterocycles. The van der Waals surface area contributed by atoms with Crippen molar-refractivity contribution in [3.05, 3.63) is 82.4 Å². The van der Waals surface area contributed by atoms with E-state index in [1.165, 1.54) is 0 Å². The maximum Gasteiger partial charge on any atom is 0.343 e. The van der Waals surface area contributed by atoms with Crippen LogP contribution in [0.4, 0.5) is 0 Å². The Morgan fingerprint density at radius 2 is 1.96 bits per heavy atom. The molecule has 1 N–H and O–H groups in total. The third-order valence-corrected chi connectivity index (χ3v) is 5.11. The highest BCUT2D eigenvalue weighted by Gasteiger charge is 2.25. The van der Waals surface area contributed by atoms with Gasteiger partial charge in [0, 0.05) is 12.5 Å². The van der Waals surface area contributed by atoms with Crippen LogP contribution in [-0.4, -0.2) is 39.3 Å². The zero-order valence-electron chi connectivity index (χ0n) is 15.3. The fourth-order valence-electron chi connectivity index (χ4n) is 3.64. The lowest BCUT2D eigenvalue weighted by Gasteiger charge is -2.30. The molecule has 3 heterocycles. The Hall–Kier alpha value is -2.86. The highest BCUT2D eigenvalue weighted by Crippen LogP contribution is 2.26. The van der Waals surface area contributed by atoms with Gasteiger partial charge in [-0.1, -0.05) is 36.4 Å². The molecule has 0 aliphatic carbocycles. The minimum absolute atomic E-state index is 0.127. The van der Waals surface area contributed by atoms with Gasteiger partial charge in [0.25, 0.3) is 0 Å². The molecule has 2 aromatic heterocycles. The summed E-state index contributed by atoms with van der Waals surface area (Å²) in [7, 11) is 0. The van der Waals surface area contributed by atoms with Gasteiger partial charge in [-0.2, -0.15) is 5.10 Å². The molecule has 4 rings (SSSR count). The second-order valence-corrected chi connectivity index (χ2v) is 6.95. The van der Waals surface area contributed by atoms with Gasteiger partial charge in [-0.3, -0.25) is 9.47 Å². The second kappa shape index (κ2) is 8.22. The topological polar surface area (TPSA) is 67.1 Å². The summed E-state index contributed by atoms with van der Waals surface area (Å²) in [6, 6.07) is 13.9. The van der Waals surface area contributed by atoms with E-state index in [-0.39, 0.29) is 5.69 Å². The number of nitrogens with one attached hydrogen (secondary N) is 1. The van der Waals surface area contributed by atoms with Crippen LogP contribution in [0, 0.1) is 0 Å². The molecule has 0 amide bonds. The van der Waals surface area contributed by atoms with Crippen molar-refractivity contribution >= 4 is 6.08 Å². The lowest BCUT2D eigenvalue weighted by Crippen LogP contribution is -2.34. The summed E-state index contributed by atoms with van der Waals surface area (Å²) in [5, 5.41) is 6.98. The largest absolute Gasteiger partial charge is 0.465 e. The quantitative estimate of drug-likeness (QED) is 0.730. The number of aromatic nitrogens is 3. The summed E-state index contributed by atoms with van der Waals surface area (Å²) < 4.78 is 7.10. The third-order valence-electron chi connectivity index (χ3n) is 5.11. The fraction of sp³-hybridized carbons (Fsp3) is 0.333. The molecule has 0 atom stereocenters. The van der Waals surface area contributed by atoms with E-state index in [4.69, 9.17) is 4.42 Å². The van der Waals surface area contributed by atoms with E-state index >= 15 is 0 Å². The molecule has 3 aromatic rings. The summed E-state index contributed by atoms with van der Waals surface area (Å²) in [5.74, 6) is 2.08. The SMILES string of the molecule is O=c1[nH]nc(C2CCN(C/C=C/c3ccco3)CC2)n1Cc1ccccc1. The average Bonchev–Trinajstić information content (AvgIpc) is 3.34. The smallest absolute Gasteiger partial charge is 0.343 e. The van der Waals surface area contributed by atoms with Gasteiger partial charge in [-0.15, -0.1) is 0 Å². The molecule has 1 fully saturated rings. The summed E-state index contributed by atoms with van der Waals surface area (Å²) >= 11 is 0. The van der Waals surface area contributed by atoms with Gasteiger partial charge in [0.1, 0.15) is 11.6 Å². The van der Waals surface area contributed by atoms with E-state index < -0.39 is 0 Å². The zero-order chi connectivity index (χ0) is 18.5. The number of nitrogens with zero attached hydrogens (tertiary/aromatic N) is 3. The molecule has 0 unspecified atom stereocenters. The lowest BCUT2D eigenvalue weighted by molar-refractivity contribution is 0.227. The average molecular weight is 364 g/mol. The predicted molar refractivity (Wildman–Crippen MR) is 105 cm³/mol. The number of rotatable bonds is 6. The highest BCUT2D eigenvalue weighted by molar-refractivity contribution is 5.42. The second-order valence-electron chi connectivity index (χ2n) is 6.95. The van der Waals surface area contributed by atoms with Crippen molar-refractivity contribution in [3.8, 4) is 0 Å². The number of H-pyrrole nitrogens is 1. The van der Waals surface area contributed by atoms with Gasteiger partial charge in [-0.05, 0) is 49.7 Å². The van der Waals surface area contributed by atoms with Crippen molar-refractivity contribution in [3.63, 3.8) is 0 Å². The Bertz CT molecular complexity index is 917. The molecule has 0 radical (unpaired) electrons. The Balaban J connectivity index is 1.36. The van der Waals surface area contributed by atoms with Crippen LogP contribution in [0.1, 0.15) is 35.9 Å². The number of aromatic amines is 1. The Labute approximate surface area is 158 Å². The summed E-state index contributed by atoms with van der Waals surface area (Å²) in [6.45, 7) is 3.47. The van der Waals surface area contributed by atoms with Crippen molar-refractivity contribution in [2.45, 2.75) is 25.3 Å². The molecule has 0 spiro atoms. The zero-order valence-corrected chi connectivity index (χ0v) is 15.3. The van der Waals surface area contributed by atoms with Crippen molar-refractivity contribution in [1.82, 2.24) is 19.7 Å². The van der Waals surface area contributed by atoms with E-state index in [2.05, 4.69) is 21.2 Å². The molecule has 0 saturated carbocycles. The minimum atomic E-state index is -0.127. The molecular weight excluding hydrogens is 340 g/mol. The van der Waals surface area contributed by atoms with Gasteiger partial charge in [0.15, 0.2) is 0 Å². The first kappa shape index (κ1) is 17.5. The van der Waals surface area contributed by atoms with Gasteiger partial charge < -0.3 is 4.42 Å². The van der Waals surface area contributed by atoms with Crippen LogP contribution in [-0.2, 0) is 6.54 Å². The number of benzene rings is 1. The highest BCUT2D eigenvalue weighted by atomic mass is 16.3. The van der Waals surface area contributed by atoms with Crippen LogP contribution < -0.4 is 5.69 Å². The van der Waals surface area contributed by atoms with Crippen LogP contribution in [0.3, 0.4) is 0 Å². The maximum absolute atomic E-state index is 12.2. The molecule has 6 heteroatoms. The number of hydrogen-bond donors (Lipinski definition) is 1. The van der Waals surface area contributed by atoms with E-state index in [9.17, 15) is 4.79 Å². The first-order chi connectivity index (χ1) is 13.3. The van der Waals surface area contributed by atoms with Gasteiger partial charge in [0.05, 0.1) is 12.8 Å². The van der Waals surface area contributed by atoms with Crippen molar-refractivity contribution < 1.29 is 4.42 Å². The molecule has 0 bridgehead atoms. The van der Waals surface area contributed by atoms with E-state index in [1.807, 2.05) is 48.5 Å². The summed E-state index contributed by atoms with van der Waals surface area (Å²) in [4.78, 5) is 14.6. The first-order valence-electron chi connectivity index (χ1n) is 9.41. The predicted octanol–water partition coefficient (Wildman–Crippen LogP) is 3.11. The number of likely N-dealkylation sites (tertiary alicyclic amines) is 1. The lowest BCUT2D eigenvalue weighted by atomic mass is 9.96. The molecule has 1 saturated heterocycles. The van der Waals surface area contributed by atoms with E-state index in [0.717, 1.165) is 49.6 Å². The normalized spacial score (nSPS) is 16.3. The Morgan fingerprint density at radius 3 is 2.70 bits per heavy atom. The Kier molecular flexibility index (Phi) is 5.34. The van der Waals surface area contributed by atoms with Crippen molar-refractivity contribution in [1.29, 1.82) is 0 Å². The standard InChI is InChI=1S/C21H24N4O2/c26-21-23-22-20(25(21)16-17-6-2-1-3-7-17)18-10-13-24(14-11-18)12-4-8-19-9-5-15-27-19/h1-9,15,18H,10-14,16H2,(H,23,26)/b8-4+. The van der Waals surface area contributed by atoms with Crippen molar-refractivity contribution in [2.75, 3.05) is 19.6 Å². The van der Waals surface area contributed by atoms with Gasteiger partial charge in [0.2, 0.25) is 0 Å². The van der Waals surface area contributed by atoms with Crippen LogP contribution >= 0.6 is 0 Å². The molecule has 1 aliphatic rings.